The molecule has 1 aromatic rings. The Morgan fingerprint density at radius 3 is 3.10 bits per heavy atom. The first kappa shape index (κ1) is 7.51. The van der Waals surface area contributed by atoms with Crippen LogP contribution in [-0.2, 0) is 0 Å². The first-order chi connectivity index (χ1) is 4.93. The molecule has 0 aliphatic heterocycles. The predicted octanol–water partition coefficient (Wildman–Crippen LogP) is 2.14. The summed E-state index contributed by atoms with van der Waals surface area (Å²) >= 11 is 1.68. The lowest BCUT2D eigenvalue weighted by atomic mass is 10.3. The third-order valence-corrected chi connectivity index (χ3v) is 1.85. The normalized spacial score (nSPS) is 10.9. The van der Waals surface area contributed by atoms with Gasteiger partial charge >= 0.3 is 0 Å². The van der Waals surface area contributed by atoms with E-state index in [4.69, 9.17) is 5.11 Å². The van der Waals surface area contributed by atoms with Crippen molar-refractivity contribution in [3.63, 3.8) is 0 Å². The minimum Gasteiger partial charge on any atom is -0.396 e. The molecule has 0 aliphatic rings. The van der Waals surface area contributed by atoms with Crippen LogP contribution in [0.1, 0.15) is 12.0 Å². The fourth-order valence-corrected chi connectivity index (χ4v) is 1.29. The zero-order chi connectivity index (χ0) is 7.23. The Labute approximate surface area is 64.6 Å². The molecule has 1 rings (SSSR count). The summed E-state index contributed by atoms with van der Waals surface area (Å²) in [5.74, 6) is 0. The number of thiophene rings is 1. The summed E-state index contributed by atoms with van der Waals surface area (Å²) in [6.45, 7) is 0.237. The second kappa shape index (κ2) is 4.25. The van der Waals surface area contributed by atoms with E-state index in [0.29, 0.717) is 0 Å². The minimum absolute atomic E-state index is 0.237. The Bertz CT molecular complexity index is 189. The molecule has 0 aromatic carbocycles. The second-order valence-corrected chi connectivity index (χ2v) is 2.75. The van der Waals surface area contributed by atoms with Gasteiger partial charge in [-0.1, -0.05) is 12.2 Å². The lowest BCUT2D eigenvalue weighted by molar-refractivity contribution is 0.303. The van der Waals surface area contributed by atoms with Crippen molar-refractivity contribution in [2.24, 2.45) is 0 Å². The van der Waals surface area contributed by atoms with Crippen LogP contribution in [0.2, 0.25) is 0 Å². The summed E-state index contributed by atoms with van der Waals surface area (Å²) < 4.78 is 0. The van der Waals surface area contributed by atoms with E-state index in [9.17, 15) is 0 Å². The summed E-state index contributed by atoms with van der Waals surface area (Å²) in [5.41, 5.74) is 1.22. The molecule has 0 fully saturated rings. The third kappa shape index (κ3) is 2.33. The lowest BCUT2D eigenvalue weighted by Gasteiger charge is -1.82. The number of hydrogen-bond donors (Lipinski definition) is 1. The molecule has 0 aliphatic carbocycles. The van der Waals surface area contributed by atoms with Gasteiger partial charge in [-0.3, -0.25) is 0 Å². The highest BCUT2D eigenvalue weighted by Gasteiger charge is 1.82. The van der Waals surface area contributed by atoms with Crippen LogP contribution in [0.25, 0.3) is 6.08 Å². The maximum atomic E-state index is 8.45. The SMILES string of the molecule is OCCC=Cc1ccsc1. The highest BCUT2D eigenvalue weighted by Crippen LogP contribution is 2.07. The minimum atomic E-state index is 0.237. The van der Waals surface area contributed by atoms with Crippen LogP contribution in [0.15, 0.2) is 22.9 Å². The van der Waals surface area contributed by atoms with Crippen molar-refractivity contribution in [3.8, 4) is 0 Å². The highest BCUT2D eigenvalue weighted by atomic mass is 32.1. The summed E-state index contributed by atoms with van der Waals surface area (Å²) in [6.07, 6.45) is 4.74. The van der Waals surface area contributed by atoms with Gasteiger partial charge in [-0.2, -0.15) is 11.3 Å². The first-order valence-corrected chi connectivity index (χ1v) is 4.17. The van der Waals surface area contributed by atoms with Gasteiger partial charge in [-0.25, -0.2) is 0 Å². The summed E-state index contributed by atoms with van der Waals surface area (Å²) in [4.78, 5) is 0. The Kier molecular flexibility index (Phi) is 3.19. The van der Waals surface area contributed by atoms with Gasteiger partial charge in [0, 0.05) is 6.61 Å². The maximum absolute atomic E-state index is 8.45. The molecule has 0 saturated heterocycles. The van der Waals surface area contributed by atoms with E-state index in [1.807, 2.05) is 17.5 Å². The number of aliphatic hydroxyl groups excluding tert-OH is 1. The van der Waals surface area contributed by atoms with Crippen LogP contribution in [0.3, 0.4) is 0 Å². The van der Waals surface area contributed by atoms with Crippen molar-refractivity contribution < 1.29 is 5.11 Å². The molecule has 0 atom stereocenters. The van der Waals surface area contributed by atoms with Crippen molar-refractivity contribution in [1.29, 1.82) is 0 Å². The summed E-state index contributed by atoms with van der Waals surface area (Å²) in [6, 6.07) is 2.05. The van der Waals surface area contributed by atoms with E-state index < -0.39 is 0 Å². The zero-order valence-corrected chi connectivity index (χ0v) is 6.47. The molecule has 0 amide bonds. The number of aliphatic hydroxyl groups is 1. The van der Waals surface area contributed by atoms with E-state index in [1.54, 1.807) is 11.3 Å². The topological polar surface area (TPSA) is 20.2 Å². The molecule has 54 valence electrons. The molecule has 0 radical (unpaired) electrons. The van der Waals surface area contributed by atoms with Crippen LogP contribution in [0.4, 0.5) is 0 Å². The predicted molar refractivity (Wildman–Crippen MR) is 45.1 cm³/mol. The Hall–Kier alpha value is -0.600. The van der Waals surface area contributed by atoms with Crippen molar-refractivity contribution >= 4 is 17.4 Å². The fraction of sp³-hybridized carbons (Fsp3) is 0.250. The quantitative estimate of drug-likeness (QED) is 0.707. The zero-order valence-electron chi connectivity index (χ0n) is 5.66. The summed E-state index contributed by atoms with van der Waals surface area (Å²) in [5, 5.41) is 12.6. The van der Waals surface area contributed by atoms with Crippen LogP contribution in [0, 0.1) is 0 Å². The van der Waals surface area contributed by atoms with Crippen molar-refractivity contribution in [3.05, 3.63) is 28.5 Å². The van der Waals surface area contributed by atoms with Crippen LogP contribution >= 0.6 is 11.3 Å². The molecular formula is C8H10OS. The van der Waals surface area contributed by atoms with Gasteiger partial charge in [-0.15, -0.1) is 0 Å². The van der Waals surface area contributed by atoms with Gasteiger partial charge in [0.15, 0.2) is 0 Å². The van der Waals surface area contributed by atoms with Gasteiger partial charge in [-0.05, 0) is 28.8 Å². The van der Waals surface area contributed by atoms with E-state index in [1.165, 1.54) is 5.56 Å². The molecule has 2 heteroatoms. The largest absolute Gasteiger partial charge is 0.396 e. The van der Waals surface area contributed by atoms with Crippen LogP contribution in [-0.4, -0.2) is 11.7 Å². The molecule has 0 spiro atoms. The Morgan fingerprint density at radius 2 is 2.50 bits per heavy atom. The molecule has 0 unspecified atom stereocenters. The molecule has 1 N–H and O–H groups in total. The molecule has 0 saturated carbocycles. The van der Waals surface area contributed by atoms with E-state index in [0.717, 1.165) is 6.42 Å². The second-order valence-electron chi connectivity index (χ2n) is 1.97. The van der Waals surface area contributed by atoms with E-state index >= 15 is 0 Å². The monoisotopic (exact) mass is 154 g/mol. The lowest BCUT2D eigenvalue weighted by Crippen LogP contribution is -1.74. The van der Waals surface area contributed by atoms with Gasteiger partial charge in [0.1, 0.15) is 0 Å². The van der Waals surface area contributed by atoms with E-state index in [2.05, 4.69) is 11.4 Å². The molecule has 1 heterocycles. The number of rotatable bonds is 3. The third-order valence-electron chi connectivity index (χ3n) is 1.15. The smallest absolute Gasteiger partial charge is 0.0465 e. The van der Waals surface area contributed by atoms with Gasteiger partial charge in [0.05, 0.1) is 0 Å². The molecule has 0 bridgehead atoms. The molecule has 1 aromatic heterocycles. The van der Waals surface area contributed by atoms with Gasteiger partial charge < -0.3 is 5.11 Å². The van der Waals surface area contributed by atoms with Crippen LogP contribution < -0.4 is 0 Å². The maximum Gasteiger partial charge on any atom is 0.0465 e. The first-order valence-electron chi connectivity index (χ1n) is 3.23. The average Bonchev–Trinajstić information content (AvgIpc) is 2.41. The van der Waals surface area contributed by atoms with Crippen molar-refractivity contribution in [2.75, 3.05) is 6.61 Å². The molecule has 10 heavy (non-hydrogen) atoms. The van der Waals surface area contributed by atoms with Crippen molar-refractivity contribution in [1.82, 2.24) is 0 Å². The fourth-order valence-electron chi connectivity index (χ4n) is 0.664. The Morgan fingerprint density at radius 1 is 1.60 bits per heavy atom. The molecular weight excluding hydrogens is 144 g/mol. The van der Waals surface area contributed by atoms with Gasteiger partial charge in [0.25, 0.3) is 0 Å². The highest BCUT2D eigenvalue weighted by molar-refractivity contribution is 7.08. The summed E-state index contributed by atoms with van der Waals surface area (Å²) in [7, 11) is 0. The van der Waals surface area contributed by atoms with Crippen molar-refractivity contribution in [2.45, 2.75) is 6.42 Å². The average molecular weight is 154 g/mol. The van der Waals surface area contributed by atoms with E-state index in [-0.39, 0.29) is 6.61 Å². The standard InChI is InChI=1S/C8H10OS/c9-5-2-1-3-8-4-6-10-7-8/h1,3-4,6-7,9H,2,5H2. The molecule has 1 nitrogen and oxygen atoms in total. The van der Waals surface area contributed by atoms with Crippen LogP contribution in [0.5, 0.6) is 0 Å². The Balaban J connectivity index is 2.40. The number of hydrogen-bond acceptors (Lipinski definition) is 2. The van der Waals surface area contributed by atoms with Gasteiger partial charge in [0.2, 0.25) is 0 Å².